The minimum atomic E-state index is -3.28. The van der Waals surface area contributed by atoms with Gasteiger partial charge in [-0.05, 0) is 6.08 Å². The van der Waals surface area contributed by atoms with Gasteiger partial charge in [0.15, 0.2) is 21.2 Å². The maximum atomic E-state index is 11.7. The van der Waals surface area contributed by atoms with Gasteiger partial charge in [-0.3, -0.25) is 4.79 Å². The van der Waals surface area contributed by atoms with E-state index in [2.05, 4.69) is 15.3 Å². The zero-order valence-electron chi connectivity index (χ0n) is 8.95. The maximum absolute atomic E-state index is 11.7. The molecular weight excluding hydrogens is 262 g/mol. The minimum Gasteiger partial charge on any atom is -0.477 e. The van der Waals surface area contributed by atoms with Crippen molar-refractivity contribution in [1.82, 2.24) is 15.3 Å². The van der Waals surface area contributed by atoms with Crippen molar-refractivity contribution in [3.8, 4) is 0 Å². The lowest BCUT2D eigenvalue weighted by molar-refractivity contribution is 0.0684. The molecule has 96 valence electrons. The molecule has 0 radical (unpaired) electrons. The number of sulfone groups is 1. The van der Waals surface area contributed by atoms with Crippen molar-refractivity contribution in [2.75, 3.05) is 5.75 Å². The summed E-state index contributed by atoms with van der Waals surface area (Å²) in [5, 5.41) is 12.2. The quantitative estimate of drug-likeness (QED) is 0.656. The molecule has 18 heavy (non-hydrogen) atoms. The fraction of sp³-hybridized carbons (Fsp3) is 0.222. The number of carbonyl (C=O) groups excluding carboxylic acids is 1. The van der Waals surface area contributed by atoms with E-state index in [1.165, 1.54) is 6.08 Å². The van der Waals surface area contributed by atoms with Gasteiger partial charge in [0.05, 0.1) is 18.1 Å². The lowest BCUT2D eigenvalue weighted by Crippen LogP contribution is -2.36. The number of nitrogens with one attached hydrogen (secondary N) is 2. The SMILES string of the molecule is O=C(NC1C=CS(=O)(=O)C1)c1nc[nH]c1C(=O)O. The van der Waals surface area contributed by atoms with Crippen LogP contribution in [0.1, 0.15) is 21.0 Å². The third kappa shape index (κ3) is 2.40. The first-order valence-electron chi connectivity index (χ1n) is 4.87. The number of aromatic amines is 1. The molecule has 0 spiro atoms. The van der Waals surface area contributed by atoms with E-state index in [4.69, 9.17) is 5.11 Å². The third-order valence-electron chi connectivity index (χ3n) is 2.31. The zero-order chi connectivity index (χ0) is 13.3. The van der Waals surface area contributed by atoms with E-state index in [0.717, 1.165) is 11.7 Å². The maximum Gasteiger partial charge on any atom is 0.354 e. The molecule has 9 heteroatoms. The van der Waals surface area contributed by atoms with Crippen molar-refractivity contribution in [1.29, 1.82) is 0 Å². The topological polar surface area (TPSA) is 129 Å². The number of rotatable bonds is 3. The molecular formula is C9H9N3O5S. The highest BCUT2D eigenvalue weighted by Gasteiger charge is 2.26. The molecule has 1 aromatic heterocycles. The summed E-state index contributed by atoms with van der Waals surface area (Å²) in [5.41, 5.74) is -0.613. The molecule has 3 N–H and O–H groups in total. The third-order valence-corrected chi connectivity index (χ3v) is 3.71. The molecule has 0 fully saturated rings. The fourth-order valence-corrected chi connectivity index (χ4v) is 2.77. The molecule has 2 rings (SSSR count). The predicted molar refractivity (Wildman–Crippen MR) is 59.7 cm³/mol. The number of hydrogen-bond acceptors (Lipinski definition) is 5. The van der Waals surface area contributed by atoms with Crippen molar-refractivity contribution in [2.24, 2.45) is 0 Å². The average molecular weight is 271 g/mol. The van der Waals surface area contributed by atoms with Crippen LogP contribution in [0.25, 0.3) is 0 Å². The number of aromatic carboxylic acids is 1. The first kappa shape index (κ1) is 12.3. The first-order chi connectivity index (χ1) is 8.39. The normalized spacial score (nSPS) is 20.8. The van der Waals surface area contributed by atoms with Crippen molar-refractivity contribution >= 4 is 21.7 Å². The molecule has 1 atom stereocenters. The van der Waals surface area contributed by atoms with Crippen LogP contribution in [0.2, 0.25) is 0 Å². The van der Waals surface area contributed by atoms with Crippen molar-refractivity contribution in [2.45, 2.75) is 6.04 Å². The van der Waals surface area contributed by atoms with Crippen LogP contribution in [0, 0.1) is 0 Å². The number of hydrogen-bond donors (Lipinski definition) is 3. The van der Waals surface area contributed by atoms with Gasteiger partial charge in [-0.15, -0.1) is 0 Å². The van der Waals surface area contributed by atoms with Crippen LogP contribution >= 0.6 is 0 Å². The van der Waals surface area contributed by atoms with Gasteiger partial charge in [-0.2, -0.15) is 0 Å². The van der Waals surface area contributed by atoms with Crippen LogP contribution in [0.5, 0.6) is 0 Å². The number of carboxylic acid groups (broad SMARTS) is 1. The van der Waals surface area contributed by atoms with E-state index in [1.807, 2.05) is 0 Å². The number of carbonyl (C=O) groups is 2. The van der Waals surface area contributed by atoms with Crippen LogP contribution in [0.4, 0.5) is 0 Å². The molecule has 8 nitrogen and oxygen atoms in total. The van der Waals surface area contributed by atoms with Gasteiger partial charge in [0.1, 0.15) is 0 Å². The van der Waals surface area contributed by atoms with Gasteiger partial charge in [-0.1, -0.05) is 0 Å². The Bertz CT molecular complexity index is 630. The van der Waals surface area contributed by atoms with Crippen molar-refractivity contribution in [3.63, 3.8) is 0 Å². The van der Waals surface area contributed by atoms with E-state index in [-0.39, 0.29) is 17.1 Å². The summed E-state index contributed by atoms with van der Waals surface area (Å²) >= 11 is 0. The molecule has 2 heterocycles. The number of H-pyrrole nitrogens is 1. The summed E-state index contributed by atoms with van der Waals surface area (Å²) in [6, 6.07) is -0.666. The van der Waals surface area contributed by atoms with E-state index in [9.17, 15) is 18.0 Å². The molecule has 1 aliphatic rings. The zero-order valence-corrected chi connectivity index (χ0v) is 9.77. The van der Waals surface area contributed by atoms with Crippen LogP contribution in [-0.2, 0) is 9.84 Å². The van der Waals surface area contributed by atoms with Gasteiger partial charge in [0, 0.05) is 5.41 Å². The summed E-state index contributed by atoms with van der Waals surface area (Å²) < 4.78 is 22.3. The molecule has 1 amide bonds. The number of amides is 1. The molecule has 0 aromatic carbocycles. The number of aromatic nitrogens is 2. The van der Waals surface area contributed by atoms with E-state index < -0.39 is 27.8 Å². The largest absolute Gasteiger partial charge is 0.477 e. The van der Waals surface area contributed by atoms with Gasteiger partial charge in [0.25, 0.3) is 5.91 Å². The van der Waals surface area contributed by atoms with Crippen LogP contribution < -0.4 is 5.32 Å². The summed E-state index contributed by atoms with van der Waals surface area (Å²) in [4.78, 5) is 28.4. The number of carboxylic acids is 1. The second-order valence-electron chi connectivity index (χ2n) is 3.67. The van der Waals surface area contributed by atoms with Gasteiger partial charge in [-0.25, -0.2) is 18.2 Å². The Morgan fingerprint density at radius 3 is 2.78 bits per heavy atom. The highest BCUT2D eigenvalue weighted by atomic mass is 32.2. The average Bonchev–Trinajstić information content (AvgIpc) is 2.84. The standard InChI is InChI=1S/C9H9N3O5S/c13-8(6-7(9(14)15)11-4-10-6)12-5-1-2-18(16,17)3-5/h1-2,4-5H,3H2,(H,10,11)(H,12,13)(H,14,15). The van der Waals surface area contributed by atoms with Crippen molar-refractivity contribution < 1.29 is 23.1 Å². The lowest BCUT2D eigenvalue weighted by Gasteiger charge is -2.08. The number of imidazole rings is 1. The number of nitrogens with zero attached hydrogens (tertiary/aromatic N) is 1. The van der Waals surface area contributed by atoms with Crippen LogP contribution in [0.15, 0.2) is 17.8 Å². The predicted octanol–water partition coefficient (Wildman–Crippen LogP) is -0.852. The molecule has 0 saturated carbocycles. The van der Waals surface area contributed by atoms with Crippen molar-refractivity contribution in [3.05, 3.63) is 29.2 Å². The van der Waals surface area contributed by atoms with Gasteiger partial charge >= 0.3 is 5.97 Å². The lowest BCUT2D eigenvalue weighted by atomic mass is 10.2. The Balaban J connectivity index is 2.12. The molecule has 0 bridgehead atoms. The highest BCUT2D eigenvalue weighted by molar-refractivity contribution is 7.94. The monoisotopic (exact) mass is 271 g/mol. The Hall–Kier alpha value is -2.16. The van der Waals surface area contributed by atoms with Crippen LogP contribution in [0.3, 0.4) is 0 Å². The van der Waals surface area contributed by atoms with E-state index >= 15 is 0 Å². The Kier molecular flexibility index (Phi) is 2.91. The molecule has 1 aliphatic heterocycles. The minimum absolute atomic E-state index is 0.231. The van der Waals surface area contributed by atoms with E-state index in [1.54, 1.807) is 0 Å². The first-order valence-corrected chi connectivity index (χ1v) is 6.59. The fourth-order valence-electron chi connectivity index (χ4n) is 1.53. The summed E-state index contributed by atoms with van der Waals surface area (Å²) in [6.07, 6.45) is 2.42. The Morgan fingerprint density at radius 1 is 1.50 bits per heavy atom. The second-order valence-corrected chi connectivity index (χ2v) is 5.60. The smallest absolute Gasteiger partial charge is 0.354 e. The van der Waals surface area contributed by atoms with Gasteiger partial charge < -0.3 is 15.4 Å². The molecule has 0 aliphatic carbocycles. The second kappa shape index (κ2) is 4.26. The Morgan fingerprint density at radius 2 is 2.22 bits per heavy atom. The van der Waals surface area contributed by atoms with Gasteiger partial charge in [0.2, 0.25) is 0 Å². The molecule has 0 saturated heterocycles. The summed E-state index contributed by atoms with van der Waals surface area (Å²) in [7, 11) is -3.28. The van der Waals surface area contributed by atoms with Crippen LogP contribution in [-0.4, -0.2) is 47.2 Å². The molecule has 1 unspecified atom stereocenters. The molecule has 1 aromatic rings. The highest BCUT2D eigenvalue weighted by Crippen LogP contribution is 2.09. The summed E-state index contributed by atoms with van der Waals surface area (Å²) in [6.45, 7) is 0. The Labute approximate surface area is 102 Å². The van der Waals surface area contributed by atoms with E-state index in [0.29, 0.717) is 0 Å². The summed E-state index contributed by atoms with van der Waals surface area (Å²) in [5.74, 6) is -2.28.